The summed E-state index contributed by atoms with van der Waals surface area (Å²) in [5.74, 6) is -0.124. The summed E-state index contributed by atoms with van der Waals surface area (Å²) in [5, 5.41) is 5.41. The second-order valence-corrected chi connectivity index (χ2v) is 6.88. The van der Waals surface area contributed by atoms with Crippen molar-refractivity contribution in [3.05, 3.63) is 0 Å². The molecule has 1 aliphatic heterocycles. The molecule has 4 amide bonds. The molecule has 0 radical (unpaired) electrons. The van der Waals surface area contributed by atoms with Crippen LogP contribution in [0.15, 0.2) is 0 Å². The van der Waals surface area contributed by atoms with Gasteiger partial charge in [-0.05, 0) is 26.2 Å². The molecule has 0 spiro atoms. The van der Waals surface area contributed by atoms with Crippen molar-refractivity contribution in [3.8, 4) is 0 Å². The van der Waals surface area contributed by atoms with Crippen LogP contribution in [-0.4, -0.2) is 54.6 Å². The minimum atomic E-state index is -1.10. The lowest BCUT2D eigenvalue weighted by atomic mass is 10.0. The molecule has 2 N–H and O–H groups in total. The highest BCUT2D eigenvalue weighted by Gasteiger charge is 2.48. The molecule has 0 aliphatic carbocycles. The third kappa shape index (κ3) is 5.49. The first-order chi connectivity index (χ1) is 10.7. The molecule has 0 aromatic carbocycles. The van der Waals surface area contributed by atoms with E-state index in [0.717, 1.165) is 24.2 Å². The van der Waals surface area contributed by atoms with Gasteiger partial charge in [-0.1, -0.05) is 26.7 Å². The Hall–Kier alpha value is -1.63. The summed E-state index contributed by atoms with van der Waals surface area (Å²) in [5.41, 5.74) is -1.10. The summed E-state index contributed by atoms with van der Waals surface area (Å²) in [7, 11) is 1.46. The van der Waals surface area contributed by atoms with Crippen molar-refractivity contribution in [1.29, 1.82) is 0 Å². The number of carbonyl (C=O) groups is 3. The maximum atomic E-state index is 12.3. The van der Waals surface area contributed by atoms with Crippen molar-refractivity contribution in [2.45, 2.75) is 58.5 Å². The molecule has 2 unspecified atom stereocenters. The molecule has 7 heteroatoms. The average Bonchev–Trinajstić information content (AvgIpc) is 2.62. The molecule has 2 atom stereocenters. The highest BCUT2D eigenvalue weighted by Crippen LogP contribution is 2.17. The van der Waals surface area contributed by atoms with Crippen LogP contribution in [0.1, 0.15) is 47.0 Å². The highest BCUT2D eigenvalue weighted by molar-refractivity contribution is 6.08. The standard InChI is InChI=1S/C16H29N3O4/c1-11(2)7-6-8-12(3)17-13(20)9-19-14(21)16(4,10-23-5)18-15(19)22/h11-12H,6-10H2,1-5H3,(H,17,20)(H,18,22). The molecule has 0 aromatic heterocycles. The second-order valence-electron chi connectivity index (χ2n) is 6.88. The van der Waals surface area contributed by atoms with Crippen molar-refractivity contribution in [1.82, 2.24) is 15.5 Å². The predicted octanol–water partition coefficient (Wildman–Crippen LogP) is 1.27. The van der Waals surface area contributed by atoms with E-state index in [1.165, 1.54) is 7.11 Å². The minimum Gasteiger partial charge on any atom is -0.382 e. The van der Waals surface area contributed by atoms with E-state index < -0.39 is 17.5 Å². The van der Waals surface area contributed by atoms with Gasteiger partial charge in [-0.25, -0.2) is 4.79 Å². The maximum absolute atomic E-state index is 12.3. The number of hydrogen-bond acceptors (Lipinski definition) is 4. The normalized spacial score (nSPS) is 22.4. The van der Waals surface area contributed by atoms with Gasteiger partial charge in [0.2, 0.25) is 5.91 Å². The van der Waals surface area contributed by atoms with Crippen molar-refractivity contribution < 1.29 is 19.1 Å². The van der Waals surface area contributed by atoms with Gasteiger partial charge < -0.3 is 15.4 Å². The number of imide groups is 1. The van der Waals surface area contributed by atoms with Crippen LogP contribution in [-0.2, 0) is 14.3 Å². The van der Waals surface area contributed by atoms with Crippen LogP contribution in [0.3, 0.4) is 0 Å². The monoisotopic (exact) mass is 327 g/mol. The summed E-state index contributed by atoms with van der Waals surface area (Å²) < 4.78 is 4.97. The Morgan fingerprint density at radius 3 is 2.52 bits per heavy atom. The predicted molar refractivity (Wildman–Crippen MR) is 86.8 cm³/mol. The molecule has 1 heterocycles. The van der Waals surface area contributed by atoms with Gasteiger partial charge in [-0.2, -0.15) is 0 Å². The summed E-state index contributed by atoms with van der Waals surface area (Å²) in [6.45, 7) is 7.65. The number of hydrogen-bond donors (Lipinski definition) is 2. The van der Waals surface area contributed by atoms with Gasteiger partial charge in [0.05, 0.1) is 6.61 Å². The van der Waals surface area contributed by atoms with E-state index in [1.807, 2.05) is 6.92 Å². The molecule has 1 saturated heterocycles. The number of ether oxygens (including phenoxy) is 1. The van der Waals surface area contributed by atoms with Gasteiger partial charge in [-0.3, -0.25) is 14.5 Å². The van der Waals surface area contributed by atoms with Gasteiger partial charge in [0.15, 0.2) is 0 Å². The summed E-state index contributed by atoms with van der Waals surface area (Å²) in [6.07, 6.45) is 3.03. The molecule has 1 aliphatic rings. The number of carbonyl (C=O) groups excluding carboxylic acids is 3. The molecule has 0 saturated carbocycles. The fraction of sp³-hybridized carbons (Fsp3) is 0.812. The maximum Gasteiger partial charge on any atom is 0.325 e. The van der Waals surface area contributed by atoms with E-state index in [2.05, 4.69) is 24.5 Å². The van der Waals surface area contributed by atoms with Gasteiger partial charge >= 0.3 is 6.03 Å². The first-order valence-corrected chi connectivity index (χ1v) is 8.12. The summed E-state index contributed by atoms with van der Waals surface area (Å²) in [4.78, 5) is 37.2. The Morgan fingerprint density at radius 1 is 1.30 bits per heavy atom. The van der Waals surface area contributed by atoms with Crippen LogP contribution in [0.4, 0.5) is 4.79 Å². The van der Waals surface area contributed by atoms with Crippen LogP contribution in [0.2, 0.25) is 0 Å². The molecule has 23 heavy (non-hydrogen) atoms. The first kappa shape index (κ1) is 19.4. The smallest absolute Gasteiger partial charge is 0.325 e. The molecule has 132 valence electrons. The zero-order valence-corrected chi connectivity index (χ0v) is 14.8. The van der Waals surface area contributed by atoms with Gasteiger partial charge in [0.1, 0.15) is 12.1 Å². The number of nitrogens with zero attached hydrogens (tertiary/aromatic N) is 1. The highest BCUT2D eigenvalue weighted by atomic mass is 16.5. The molecule has 1 fully saturated rings. The van der Waals surface area contributed by atoms with Crippen LogP contribution >= 0.6 is 0 Å². The molecule has 0 bridgehead atoms. The van der Waals surface area contributed by atoms with E-state index in [9.17, 15) is 14.4 Å². The molecule has 7 nitrogen and oxygen atoms in total. The van der Waals surface area contributed by atoms with Crippen LogP contribution in [0.5, 0.6) is 0 Å². The fourth-order valence-electron chi connectivity index (χ4n) is 2.65. The molecule has 0 aromatic rings. The molecular weight excluding hydrogens is 298 g/mol. The Labute approximate surface area is 138 Å². The third-order valence-corrected chi connectivity index (χ3v) is 3.91. The van der Waals surface area contributed by atoms with E-state index in [-0.39, 0.29) is 25.1 Å². The Kier molecular flexibility index (Phi) is 7.00. The largest absolute Gasteiger partial charge is 0.382 e. The van der Waals surface area contributed by atoms with Crippen molar-refractivity contribution in [3.63, 3.8) is 0 Å². The zero-order chi connectivity index (χ0) is 17.6. The number of rotatable bonds is 9. The number of urea groups is 1. The lowest BCUT2D eigenvalue weighted by Gasteiger charge is -2.20. The number of methoxy groups -OCH3 is 1. The van der Waals surface area contributed by atoms with Crippen LogP contribution < -0.4 is 10.6 Å². The van der Waals surface area contributed by atoms with E-state index in [0.29, 0.717) is 5.92 Å². The minimum absolute atomic E-state index is 0.0207. The third-order valence-electron chi connectivity index (χ3n) is 3.91. The second kappa shape index (κ2) is 8.29. The summed E-state index contributed by atoms with van der Waals surface area (Å²) in [6, 6.07) is -0.537. The van der Waals surface area contributed by atoms with Crippen molar-refractivity contribution >= 4 is 17.8 Å². The van der Waals surface area contributed by atoms with Gasteiger partial charge in [0.25, 0.3) is 5.91 Å². The average molecular weight is 327 g/mol. The lowest BCUT2D eigenvalue weighted by molar-refractivity contribution is -0.136. The lowest BCUT2D eigenvalue weighted by Crippen LogP contribution is -2.48. The topological polar surface area (TPSA) is 87.7 Å². The van der Waals surface area contributed by atoms with Gasteiger partial charge in [0, 0.05) is 13.2 Å². The number of nitrogens with one attached hydrogen (secondary N) is 2. The van der Waals surface area contributed by atoms with Crippen LogP contribution in [0.25, 0.3) is 0 Å². The molecule has 1 rings (SSSR count). The van der Waals surface area contributed by atoms with E-state index in [1.54, 1.807) is 6.92 Å². The zero-order valence-electron chi connectivity index (χ0n) is 14.8. The van der Waals surface area contributed by atoms with Crippen molar-refractivity contribution in [2.24, 2.45) is 5.92 Å². The molecular formula is C16H29N3O4. The SMILES string of the molecule is COCC1(C)NC(=O)N(CC(=O)NC(C)CCCC(C)C)C1=O. The van der Waals surface area contributed by atoms with Crippen LogP contribution in [0, 0.1) is 5.92 Å². The fourth-order valence-corrected chi connectivity index (χ4v) is 2.65. The Morgan fingerprint density at radius 2 is 1.96 bits per heavy atom. The quantitative estimate of drug-likeness (QED) is 0.624. The van der Waals surface area contributed by atoms with Crippen molar-refractivity contribution in [2.75, 3.05) is 20.3 Å². The van der Waals surface area contributed by atoms with E-state index >= 15 is 0 Å². The Balaban J connectivity index is 2.48. The summed E-state index contributed by atoms with van der Waals surface area (Å²) >= 11 is 0. The number of amides is 4. The van der Waals surface area contributed by atoms with Gasteiger partial charge in [-0.15, -0.1) is 0 Å². The first-order valence-electron chi connectivity index (χ1n) is 8.12. The van der Waals surface area contributed by atoms with E-state index in [4.69, 9.17) is 4.74 Å². The Bertz CT molecular complexity index is 453.